The largest absolute Gasteiger partial charge is 0.497 e. The lowest BCUT2D eigenvalue weighted by Gasteiger charge is -2.16. The van der Waals surface area contributed by atoms with Gasteiger partial charge in [0, 0.05) is 0 Å². The van der Waals surface area contributed by atoms with Gasteiger partial charge in [-0.25, -0.2) is 4.79 Å². The summed E-state index contributed by atoms with van der Waals surface area (Å²) in [6.45, 7) is 1.92. The molecule has 5 heteroatoms. The Labute approximate surface area is 130 Å². The van der Waals surface area contributed by atoms with Gasteiger partial charge in [-0.1, -0.05) is 24.3 Å². The predicted molar refractivity (Wildman–Crippen MR) is 86.6 cm³/mol. The Morgan fingerprint density at radius 2 is 1.68 bits per heavy atom. The van der Waals surface area contributed by atoms with E-state index in [-0.39, 0.29) is 12.1 Å². The molecule has 0 radical (unpaired) electrons. The van der Waals surface area contributed by atoms with Crippen LogP contribution < -0.4 is 20.1 Å². The van der Waals surface area contributed by atoms with E-state index in [9.17, 15) is 4.79 Å². The Balaban J connectivity index is 1.98. The molecule has 0 unspecified atom stereocenters. The van der Waals surface area contributed by atoms with E-state index >= 15 is 0 Å². The van der Waals surface area contributed by atoms with Gasteiger partial charge in [-0.3, -0.25) is 0 Å². The van der Waals surface area contributed by atoms with Gasteiger partial charge in [-0.05, 0) is 36.8 Å². The first-order valence-corrected chi connectivity index (χ1v) is 6.98. The molecule has 116 valence electrons. The highest BCUT2D eigenvalue weighted by atomic mass is 16.5. The number of hydrogen-bond acceptors (Lipinski definition) is 3. The summed E-state index contributed by atoms with van der Waals surface area (Å²) in [5, 5.41) is 5.67. The minimum absolute atomic E-state index is 0.124. The molecule has 0 saturated heterocycles. The zero-order chi connectivity index (χ0) is 15.9. The lowest BCUT2D eigenvalue weighted by atomic mass is 10.1. The number of rotatable bonds is 5. The summed E-state index contributed by atoms with van der Waals surface area (Å²) in [6.07, 6.45) is 0. The molecule has 0 bridgehead atoms. The molecule has 2 amide bonds. The maximum absolute atomic E-state index is 12.1. The highest BCUT2D eigenvalue weighted by Crippen LogP contribution is 2.23. The van der Waals surface area contributed by atoms with Crippen LogP contribution >= 0.6 is 0 Å². The van der Waals surface area contributed by atoms with Crippen molar-refractivity contribution in [3.63, 3.8) is 0 Å². The van der Waals surface area contributed by atoms with Crippen molar-refractivity contribution in [2.24, 2.45) is 0 Å². The number of carbonyl (C=O) groups is 1. The zero-order valence-electron chi connectivity index (χ0n) is 12.9. The number of hydrogen-bond donors (Lipinski definition) is 2. The van der Waals surface area contributed by atoms with Crippen LogP contribution in [0.25, 0.3) is 0 Å². The number of methoxy groups -OCH3 is 2. The van der Waals surface area contributed by atoms with Gasteiger partial charge in [0.25, 0.3) is 0 Å². The third kappa shape index (κ3) is 3.91. The smallest absolute Gasteiger partial charge is 0.319 e. The van der Waals surface area contributed by atoms with Gasteiger partial charge in [0.15, 0.2) is 0 Å². The maximum Gasteiger partial charge on any atom is 0.319 e. The average molecular weight is 300 g/mol. The van der Waals surface area contributed by atoms with Crippen molar-refractivity contribution >= 4 is 11.7 Å². The Morgan fingerprint density at radius 3 is 2.32 bits per heavy atom. The van der Waals surface area contributed by atoms with Crippen LogP contribution in [0.3, 0.4) is 0 Å². The van der Waals surface area contributed by atoms with Gasteiger partial charge >= 0.3 is 6.03 Å². The molecular formula is C17H20N2O3. The number of anilines is 1. The minimum Gasteiger partial charge on any atom is -0.497 e. The molecule has 0 fully saturated rings. The number of ether oxygens (including phenoxy) is 2. The van der Waals surface area contributed by atoms with E-state index in [1.807, 2.05) is 43.3 Å². The Bertz CT molecular complexity index is 626. The molecule has 0 saturated carbocycles. The van der Waals surface area contributed by atoms with Crippen molar-refractivity contribution in [1.29, 1.82) is 0 Å². The van der Waals surface area contributed by atoms with Gasteiger partial charge in [-0.2, -0.15) is 0 Å². The summed E-state index contributed by atoms with van der Waals surface area (Å²) in [6, 6.07) is 14.4. The van der Waals surface area contributed by atoms with Crippen molar-refractivity contribution in [2.75, 3.05) is 19.5 Å². The van der Waals surface area contributed by atoms with E-state index < -0.39 is 0 Å². The molecule has 2 aromatic rings. The molecule has 22 heavy (non-hydrogen) atoms. The van der Waals surface area contributed by atoms with E-state index in [0.717, 1.165) is 11.3 Å². The van der Waals surface area contributed by atoms with Crippen LogP contribution in [0.1, 0.15) is 18.5 Å². The summed E-state index contributed by atoms with van der Waals surface area (Å²) in [5.74, 6) is 1.41. The van der Waals surface area contributed by atoms with Gasteiger partial charge in [-0.15, -0.1) is 0 Å². The van der Waals surface area contributed by atoms with Gasteiger partial charge in [0.05, 0.1) is 25.9 Å². The van der Waals surface area contributed by atoms with Gasteiger partial charge in [0.1, 0.15) is 11.5 Å². The molecule has 2 N–H and O–H groups in total. The zero-order valence-corrected chi connectivity index (χ0v) is 12.9. The fraction of sp³-hybridized carbons (Fsp3) is 0.235. The molecule has 2 aromatic carbocycles. The van der Waals surface area contributed by atoms with E-state index in [4.69, 9.17) is 9.47 Å². The number of amides is 2. The number of urea groups is 1. The molecule has 0 aliphatic rings. The molecule has 0 aliphatic heterocycles. The quantitative estimate of drug-likeness (QED) is 0.887. The van der Waals surface area contributed by atoms with Crippen LogP contribution in [0.5, 0.6) is 11.5 Å². The molecule has 0 aliphatic carbocycles. The molecule has 5 nitrogen and oxygen atoms in total. The van der Waals surface area contributed by atoms with Crippen molar-refractivity contribution in [3.8, 4) is 11.5 Å². The van der Waals surface area contributed by atoms with Gasteiger partial charge in [0.2, 0.25) is 0 Å². The topological polar surface area (TPSA) is 59.6 Å². The third-order valence-electron chi connectivity index (χ3n) is 3.32. The second-order valence-corrected chi connectivity index (χ2v) is 4.79. The van der Waals surface area contributed by atoms with Crippen LogP contribution in [-0.4, -0.2) is 20.3 Å². The predicted octanol–water partition coefficient (Wildman–Crippen LogP) is 3.59. The van der Waals surface area contributed by atoms with Crippen molar-refractivity contribution in [3.05, 3.63) is 54.1 Å². The van der Waals surface area contributed by atoms with Crippen LogP contribution in [0, 0.1) is 0 Å². The number of benzene rings is 2. The van der Waals surface area contributed by atoms with Crippen molar-refractivity contribution < 1.29 is 14.3 Å². The standard InChI is InChI=1S/C17H20N2O3/c1-12(13-8-10-14(21-2)11-9-13)18-17(20)19-15-6-4-5-7-16(15)22-3/h4-12H,1-3H3,(H2,18,19,20)/t12-/m1/s1. The average Bonchev–Trinajstić information content (AvgIpc) is 2.55. The Hall–Kier alpha value is -2.69. The highest BCUT2D eigenvalue weighted by molar-refractivity contribution is 5.91. The van der Waals surface area contributed by atoms with Crippen LogP contribution in [0.2, 0.25) is 0 Å². The SMILES string of the molecule is COc1ccc([C@@H](C)NC(=O)Nc2ccccc2OC)cc1. The molecule has 2 rings (SSSR count). The monoisotopic (exact) mass is 300 g/mol. The second-order valence-electron chi connectivity index (χ2n) is 4.79. The summed E-state index contributed by atoms with van der Waals surface area (Å²) < 4.78 is 10.3. The molecule has 0 aromatic heterocycles. The first-order chi connectivity index (χ1) is 10.6. The van der Waals surface area contributed by atoms with E-state index in [2.05, 4.69) is 10.6 Å². The third-order valence-corrected chi connectivity index (χ3v) is 3.32. The van der Waals surface area contributed by atoms with E-state index in [1.165, 1.54) is 0 Å². The van der Waals surface area contributed by atoms with Crippen LogP contribution in [0.15, 0.2) is 48.5 Å². The molecular weight excluding hydrogens is 280 g/mol. The maximum atomic E-state index is 12.1. The normalized spacial score (nSPS) is 11.4. The molecule has 0 heterocycles. The lowest BCUT2D eigenvalue weighted by molar-refractivity contribution is 0.249. The number of carbonyl (C=O) groups excluding carboxylic acids is 1. The number of para-hydroxylation sites is 2. The van der Waals surface area contributed by atoms with Crippen LogP contribution in [0.4, 0.5) is 10.5 Å². The van der Waals surface area contributed by atoms with Gasteiger partial charge < -0.3 is 20.1 Å². The molecule has 0 spiro atoms. The Kier molecular flexibility index (Phi) is 5.25. The van der Waals surface area contributed by atoms with E-state index in [1.54, 1.807) is 26.4 Å². The van der Waals surface area contributed by atoms with Crippen molar-refractivity contribution in [1.82, 2.24) is 5.32 Å². The summed E-state index contributed by atoms with van der Waals surface area (Å²) in [4.78, 5) is 12.1. The summed E-state index contributed by atoms with van der Waals surface area (Å²) in [5.41, 5.74) is 1.63. The lowest BCUT2D eigenvalue weighted by Crippen LogP contribution is -2.31. The first-order valence-electron chi connectivity index (χ1n) is 6.98. The number of nitrogens with one attached hydrogen (secondary N) is 2. The summed E-state index contributed by atoms with van der Waals surface area (Å²) in [7, 11) is 3.19. The Morgan fingerprint density at radius 1 is 1.00 bits per heavy atom. The fourth-order valence-corrected chi connectivity index (χ4v) is 2.08. The molecule has 1 atom stereocenters. The van der Waals surface area contributed by atoms with Crippen LogP contribution in [-0.2, 0) is 0 Å². The fourth-order valence-electron chi connectivity index (χ4n) is 2.08. The minimum atomic E-state index is -0.284. The first kappa shape index (κ1) is 15.7. The summed E-state index contributed by atoms with van der Waals surface area (Å²) >= 11 is 0. The second kappa shape index (κ2) is 7.36. The highest BCUT2D eigenvalue weighted by Gasteiger charge is 2.11. The van der Waals surface area contributed by atoms with E-state index in [0.29, 0.717) is 11.4 Å². The van der Waals surface area contributed by atoms with Crippen molar-refractivity contribution in [2.45, 2.75) is 13.0 Å².